The molecule has 0 saturated heterocycles. The summed E-state index contributed by atoms with van der Waals surface area (Å²) in [6, 6.07) is 35.0. The van der Waals surface area contributed by atoms with E-state index in [-0.39, 0.29) is 6.42 Å². The molecule has 0 fully saturated rings. The minimum Gasteiger partial charge on any atom is -0.489 e. The Morgan fingerprint density at radius 1 is 0.735 bits per heavy atom. The van der Waals surface area contributed by atoms with E-state index >= 15 is 0 Å². The zero-order chi connectivity index (χ0) is 23.3. The van der Waals surface area contributed by atoms with Gasteiger partial charge in [0.05, 0.1) is 6.42 Å². The van der Waals surface area contributed by atoms with Crippen molar-refractivity contribution in [2.24, 2.45) is 0 Å². The van der Waals surface area contributed by atoms with Gasteiger partial charge in [-0.05, 0) is 69.5 Å². The Morgan fingerprint density at radius 2 is 1.44 bits per heavy atom. The first-order valence-corrected chi connectivity index (χ1v) is 11.6. The third-order valence-electron chi connectivity index (χ3n) is 6.26. The molecule has 34 heavy (non-hydrogen) atoms. The van der Waals surface area contributed by atoms with Crippen molar-refractivity contribution in [2.75, 3.05) is 0 Å². The number of hydrogen-bond donors (Lipinski definition) is 1. The molecule has 0 amide bonds. The summed E-state index contributed by atoms with van der Waals surface area (Å²) in [5.41, 5.74) is 9.29. The standard InChI is InChI=1S/C31H26O3/c32-30(33)19-22-11-13-25(14-12-22)31-28(24-9-5-2-6-10-24)17-15-26-20-27(16-18-29(26)31)34-21-23-7-3-1-4-8-23/h1-14,16,18,20H,15,17,19,21H2,(H,32,33). The molecule has 4 aromatic rings. The molecule has 0 radical (unpaired) electrons. The van der Waals surface area contributed by atoms with Crippen LogP contribution in [-0.4, -0.2) is 11.1 Å². The van der Waals surface area contributed by atoms with Crippen LogP contribution in [0.1, 0.15) is 39.8 Å². The van der Waals surface area contributed by atoms with Crippen LogP contribution in [-0.2, 0) is 24.2 Å². The lowest BCUT2D eigenvalue weighted by Crippen LogP contribution is -2.07. The van der Waals surface area contributed by atoms with Crippen LogP contribution in [0, 0.1) is 0 Å². The number of benzene rings is 4. The molecule has 168 valence electrons. The van der Waals surface area contributed by atoms with E-state index in [9.17, 15) is 4.79 Å². The van der Waals surface area contributed by atoms with Crippen LogP contribution in [0.2, 0.25) is 0 Å². The lowest BCUT2D eigenvalue weighted by molar-refractivity contribution is -0.136. The molecule has 3 heteroatoms. The van der Waals surface area contributed by atoms with Crippen LogP contribution >= 0.6 is 0 Å². The second-order valence-corrected chi connectivity index (χ2v) is 8.58. The second-order valence-electron chi connectivity index (χ2n) is 8.58. The lowest BCUT2D eigenvalue weighted by atomic mass is 9.79. The molecule has 1 aliphatic rings. The predicted molar refractivity (Wildman–Crippen MR) is 136 cm³/mol. The van der Waals surface area contributed by atoms with E-state index in [1.165, 1.54) is 27.8 Å². The second kappa shape index (κ2) is 9.80. The monoisotopic (exact) mass is 446 g/mol. The first-order valence-electron chi connectivity index (χ1n) is 11.6. The molecule has 4 aromatic carbocycles. The van der Waals surface area contributed by atoms with Crippen LogP contribution in [0.5, 0.6) is 5.75 Å². The van der Waals surface area contributed by atoms with Crippen molar-refractivity contribution in [1.29, 1.82) is 0 Å². The highest BCUT2D eigenvalue weighted by Gasteiger charge is 2.22. The number of fused-ring (bicyclic) bond motifs is 1. The number of ether oxygens (including phenoxy) is 1. The van der Waals surface area contributed by atoms with Crippen molar-refractivity contribution in [1.82, 2.24) is 0 Å². The van der Waals surface area contributed by atoms with Crippen molar-refractivity contribution in [3.05, 3.63) is 137 Å². The zero-order valence-electron chi connectivity index (χ0n) is 18.9. The van der Waals surface area contributed by atoms with Crippen LogP contribution in [0.15, 0.2) is 103 Å². The summed E-state index contributed by atoms with van der Waals surface area (Å²) < 4.78 is 6.09. The SMILES string of the molecule is O=C(O)Cc1ccc(C2=C(c3ccccc3)CCc3cc(OCc4ccccc4)ccc32)cc1. The fraction of sp³-hybridized carbons (Fsp3) is 0.129. The maximum atomic E-state index is 11.1. The number of aryl methyl sites for hydroxylation is 1. The molecule has 0 saturated carbocycles. The van der Waals surface area contributed by atoms with E-state index in [4.69, 9.17) is 9.84 Å². The smallest absolute Gasteiger partial charge is 0.307 e. The average molecular weight is 447 g/mol. The van der Waals surface area contributed by atoms with Gasteiger partial charge in [0.2, 0.25) is 0 Å². The third kappa shape index (κ3) is 4.79. The molecule has 0 spiro atoms. The Morgan fingerprint density at radius 3 is 2.15 bits per heavy atom. The summed E-state index contributed by atoms with van der Waals surface area (Å²) in [7, 11) is 0. The van der Waals surface area contributed by atoms with Gasteiger partial charge in [0.15, 0.2) is 0 Å². The molecular formula is C31H26O3. The number of rotatable bonds is 7. The van der Waals surface area contributed by atoms with E-state index in [2.05, 4.69) is 54.6 Å². The molecule has 0 unspecified atom stereocenters. The minimum absolute atomic E-state index is 0.0313. The third-order valence-corrected chi connectivity index (χ3v) is 6.26. The first-order chi connectivity index (χ1) is 16.7. The fourth-order valence-electron chi connectivity index (χ4n) is 4.62. The number of carboxylic acids is 1. The van der Waals surface area contributed by atoms with Gasteiger partial charge < -0.3 is 9.84 Å². The molecule has 1 aliphatic carbocycles. The minimum atomic E-state index is -0.817. The summed E-state index contributed by atoms with van der Waals surface area (Å²) in [6.45, 7) is 0.544. The first kappa shape index (κ1) is 21.7. The zero-order valence-corrected chi connectivity index (χ0v) is 18.9. The van der Waals surface area contributed by atoms with Crippen LogP contribution < -0.4 is 4.74 Å². The molecule has 0 heterocycles. The molecule has 1 N–H and O–H groups in total. The van der Waals surface area contributed by atoms with Gasteiger partial charge in [0.25, 0.3) is 0 Å². The Labute approximate surface area is 200 Å². The van der Waals surface area contributed by atoms with Crippen LogP contribution in [0.4, 0.5) is 0 Å². The number of allylic oxidation sites excluding steroid dienone is 1. The molecule has 0 bridgehead atoms. The summed E-state index contributed by atoms with van der Waals surface area (Å²) in [5, 5.41) is 9.13. The number of aliphatic carboxylic acids is 1. The molecular weight excluding hydrogens is 420 g/mol. The summed E-state index contributed by atoms with van der Waals surface area (Å²) in [4.78, 5) is 11.1. The molecule has 0 atom stereocenters. The lowest BCUT2D eigenvalue weighted by Gasteiger charge is -2.25. The Hall–Kier alpha value is -4.11. The summed E-state index contributed by atoms with van der Waals surface area (Å²) in [6.07, 6.45) is 1.91. The topological polar surface area (TPSA) is 46.5 Å². The van der Waals surface area contributed by atoms with Crippen molar-refractivity contribution >= 4 is 17.1 Å². The van der Waals surface area contributed by atoms with Crippen molar-refractivity contribution < 1.29 is 14.6 Å². The highest BCUT2D eigenvalue weighted by molar-refractivity contribution is 6.00. The maximum absolute atomic E-state index is 11.1. The van der Waals surface area contributed by atoms with Gasteiger partial charge in [-0.25, -0.2) is 0 Å². The predicted octanol–water partition coefficient (Wildman–Crippen LogP) is 6.80. The number of hydrogen-bond acceptors (Lipinski definition) is 2. The normalized spacial score (nSPS) is 12.8. The molecule has 0 aliphatic heterocycles. The average Bonchev–Trinajstić information content (AvgIpc) is 2.88. The van der Waals surface area contributed by atoms with E-state index < -0.39 is 5.97 Å². The quantitative estimate of drug-likeness (QED) is 0.340. The Kier molecular flexibility index (Phi) is 6.26. The number of carbonyl (C=O) groups is 1. The van der Waals surface area contributed by atoms with Gasteiger partial charge in [-0.1, -0.05) is 91.0 Å². The van der Waals surface area contributed by atoms with E-state index in [0.717, 1.165) is 35.3 Å². The van der Waals surface area contributed by atoms with Gasteiger partial charge in [-0.2, -0.15) is 0 Å². The Bertz CT molecular complexity index is 1320. The van der Waals surface area contributed by atoms with Crippen molar-refractivity contribution in [3.8, 4) is 5.75 Å². The van der Waals surface area contributed by atoms with Gasteiger partial charge in [0.1, 0.15) is 12.4 Å². The maximum Gasteiger partial charge on any atom is 0.307 e. The molecule has 5 rings (SSSR count). The summed E-state index contributed by atoms with van der Waals surface area (Å²) >= 11 is 0. The molecule has 3 nitrogen and oxygen atoms in total. The van der Waals surface area contributed by atoms with E-state index in [1.54, 1.807) is 0 Å². The summed E-state index contributed by atoms with van der Waals surface area (Å²) in [5.74, 6) is 0.0601. The van der Waals surface area contributed by atoms with Gasteiger partial charge in [-0.15, -0.1) is 0 Å². The van der Waals surface area contributed by atoms with E-state index in [0.29, 0.717) is 6.61 Å². The largest absolute Gasteiger partial charge is 0.489 e. The fourth-order valence-corrected chi connectivity index (χ4v) is 4.62. The highest BCUT2D eigenvalue weighted by Crippen LogP contribution is 2.41. The van der Waals surface area contributed by atoms with Gasteiger partial charge >= 0.3 is 5.97 Å². The van der Waals surface area contributed by atoms with Crippen LogP contribution in [0.3, 0.4) is 0 Å². The molecule has 0 aromatic heterocycles. The van der Waals surface area contributed by atoms with Gasteiger partial charge in [-0.3, -0.25) is 4.79 Å². The highest BCUT2D eigenvalue weighted by atomic mass is 16.5. The van der Waals surface area contributed by atoms with Crippen LogP contribution in [0.25, 0.3) is 11.1 Å². The van der Waals surface area contributed by atoms with Crippen molar-refractivity contribution in [3.63, 3.8) is 0 Å². The number of carboxylic acid groups (broad SMARTS) is 1. The van der Waals surface area contributed by atoms with Gasteiger partial charge in [0, 0.05) is 0 Å². The van der Waals surface area contributed by atoms with Crippen molar-refractivity contribution in [2.45, 2.75) is 25.9 Å². The Balaban J connectivity index is 1.52. The van der Waals surface area contributed by atoms with E-state index in [1.807, 2.05) is 48.5 Å².